The molecular weight excluding hydrogens is 434 g/mol. The van der Waals surface area contributed by atoms with Gasteiger partial charge in [-0.15, -0.1) is 5.11 Å². The van der Waals surface area contributed by atoms with Crippen LogP contribution in [0.25, 0.3) is 10.8 Å². The summed E-state index contributed by atoms with van der Waals surface area (Å²) in [4.78, 5) is -0.229. The monoisotopic (exact) mass is 451 g/mol. The van der Waals surface area contributed by atoms with E-state index in [1.165, 1.54) is 31.4 Å². The normalized spacial score (nSPS) is 12.4. The Morgan fingerprint density at radius 1 is 0.933 bits per heavy atom. The summed E-state index contributed by atoms with van der Waals surface area (Å²) >= 11 is 0. The molecule has 0 atom stereocenters. The van der Waals surface area contributed by atoms with Crippen molar-refractivity contribution in [1.29, 1.82) is 0 Å². The summed E-state index contributed by atoms with van der Waals surface area (Å²) < 4.78 is 68.4. The highest BCUT2D eigenvalue weighted by atomic mass is 32.2. The van der Waals surface area contributed by atoms with Crippen LogP contribution in [0.2, 0.25) is 0 Å². The quantitative estimate of drug-likeness (QED) is 0.362. The maximum atomic E-state index is 11.6. The first-order valence-electron chi connectivity index (χ1n) is 8.36. The highest BCUT2D eigenvalue weighted by Gasteiger charge is 2.15. The first-order chi connectivity index (χ1) is 14.1. The van der Waals surface area contributed by atoms with Crippen molar-refractivity contribution >= 4 is 48.1 Å². The van der Waals surface area contributed by atoms with Crippen molar-refractivity contribution in [2.24, 2.45) is 10.2 Å². The second-order valence-electron chi connectivity index (χ2n) is 6.09. The number of nitrogens with zero attached hydrogens (tertiary/aromatic N) is 2. The minimum absolute atomic E-state index is 0.229. The Morgan fingerprint density at radius 3 is 2.30 bits per heavy atom. The van der Waals surface area contributed by atoms with Crippen molar-refractivity contribution in [1.82, 2.24) is 0 Å². The van der Waals surface area contributed by atoms with Gasteiger partial charge in [0.2, 0.25) is 0 Å². The highest BCUT2D eigenvalue weighted by molar-refractivity contribution is 7.86. The average Bonchev–Trinajstić information content (AvgIpc) is 2.69. The van der Waals surface area contributed by atoms with E-state index in [2.05, 4.69) is 15.5 Å². The number of azo groups is 1. The second kappa shape index (κ2) is 8.36. The molecule has 0 heterocycles. The minimum Gasteiger partial charge on any atom is -0.495 e. The lowest BCUT2D eigenvalue weighted by molar-refractivity contribution is 0.416. The molecule has 0 saturated heterocycles. The summed E-state index contributed by atoms with van der Waals surface area (Å²) in [6, 6.07) is 13.8. The van der Waals surface area contributed by atoms with Gasteiger partial charge in [-0.2, -0.15) is 21.9 Å². The van der Waals surface area contributed by atoms with Gasteiger partial charge in [0.25, 0.3) is 20.2 Å². The maximum Gasteiger partial charge on any atom is 0.295 e. The van der Waals surface area contributed by atoms with Gasteiger partial charge in [-0.25, -0.2) is 0 Å². The lowest BCUT2D eigenvalue weighted by Crippen LogP contribution is -2.13. The molecule has 10 nitrogen and oxygen atoms in total. The molecule has 3 aromatic carbocycles. The summed E-state index contributed by atoms with van der Waals surface area (Å²) in [5.74, 6) is -0.405. The molecule has 158 valence electrons. The number of fused-ring (bicyclic) bond motifs is 1. The zero-order valence-corrected chi connectivity index (χ0v) is 17.2. The van der Waals surface area contributed by atoms with Gasteiger partial charge in [0.05, 0.1) is 24.2 Å². The summed E-state index contributed by atoms with van der Waals surface area (Å²) in [7, 11) is -7.22. The first kappa shape index (κ1) is 21.6. The molecule has 12 heteroatoms. The molecule has 0 unspecified atom stereocenters. The SMILES string of the molecule is COc1cc(N=Nc2cccc3c(S(=O)(=O)O)cccc23)ccc1NCS(=O)(=O)O. The van der Waals surface area contributed by atoms with E-state index in [0.717, 1.165) is 0 Å². The third-order valence-corrected chi connectivity index (χ3v) is 5.46. The van der Waals surface area contributed by atoms with Gasteiger partial charge in [0.15, 0.2) is 0 Å². The van der Waals surface area contributed by atoms with E-state index in [4.69, 9.17) is 9.29 Å². The molecule has 0 aliphatic heterocycles. The van der Waals surface area contributed by atoms with E-state index in [9.17, 15) is 21.4 Å². The van der Waals surface area contributed by atoms with Crippen LogP contribution in [0.1, 0.15) is 0 Å². The van der Waals surface area contributed by atoms with Crippen LogP contribution in [0.5, 0.6) is 5.75 Å². The molecule has 0 amide bonds. The van der Waals surface area contributed by atoms with Crippen LogP contribution in [0.3, 0.4) is 0 Å². The average molecular weight is 451 g/mol. The van der Waals surface area contributed by atoms with Crippen molar-refractivity contribution in [3.8, 4) is 5.75 Å². The molecule has 0 aromatic heterocycles. The van der Waals surface area contributed by atoms with Crippen LogP contribution in [-0.2, 0) is 20.2 Å². The van der Waals surface area contributed by atoms with Crippen LogP contribution in [0.15, 0.2) is 69.7 Å². The van der Waals surface area contributed by atoms with E-state index in [1.807, 2.05) is 0 Å². The van der Waals surface area contributed by atoms with Gasteiger partial charge >= 0.3 is 0 Å². The van der Waals surface area contributed by atoms with E-state index < -0.39 is 26.1 Å². The lowest BCUT2D eigenvalue weighted by atomic mass is 10.1. The number of ether oxygens (including phenoxy) is 1. The molecule has 0 spiro atoms. The highest BCUT2D eigenvalue weighted by Crippen LogP contribution is 2.33. The Morgan fingerprint density at radius 2 is 1.63 bits per heavy atom. The topological polar surface area (TPSA) is 155 Å². The van der Waals surface area contributed by atoms with Crippen LogP contribution in [0.4, 0.5) is 17.1 Å². The molecule has 0 aliphatic carbocycles. The number of methoxy groups -OCH3 is 1. The Kier molecular flexibility index (Phi) is 6.03. The number of rotatable bonds is 7. The maximum absolute atomic E-state index is 11.6. The number of hydrogen-bond donors (Lipinski definition) is 3. The Balaban J connectivity index is 1.95. The van der Waals surface area contributed by atoms with Crippen molar-refractivity contribution in [2.45, 2.75) is 4.90 Å². The fraction of sp³-hybridized carbons (Fsp3) is 0.111. The molecule has 0 bridgehead atoms. The van der Waals surface area contributed by atoms with Gasteiger partial charge in [0, 0.05) is 16.8 Å². The van der Waals surface area contributed by atoms with Gasteiger partial charge in [-0.3, -0.25) is 9.11 Å². The summed E-state index contributed by atoms with van der Waals surface area (Å²) in [5.41, 5.74) is 1.09. The van der Waals surface area contributed by atoms with Crippen molar-refractivity contribution in [3.63, 3.8) is 0 Å². The number of anilines is 1. The van der Waals surface area contributed by atoms with Gasteiger partial charge < -0.3 is 10.1 Å². The Bertz CT molecular complexity index is 1340. The third-order valence-electron chi connectivity index (χ3n) is 4.04. The van der Waals surface area contributed by atoms with Gasteiger partial charge in [-0.05, 0) is 24.3 Å². The molecule has 3 aromatic rings. The molecule has 0 saturated carbocycles. The largest absolute Gasteiger partial charge is 0.495 e. The first-order valence-corrected chi connectivity index (χ1v) is 11.4. The molecule has 0 radical (unpaired) electrons. The van der Waals surface area contributed by atoms with Crippen LogP contribution in [0, 0.1) is 0 Å². The predicted molar refractivity (Wildman–Crippen MR) is 111 cm³/mol. The molecule has 3 rings (SSSR count). The Hall–Kier alpha value is -3.06. The number of hydrogen-bond acceptors (Lipinski definition) is 8. The fourth-order valence-electron chi connectivity index (χ4n) is 2.75. The Labute approximate surface area is 172 Å². The van der Waals surface area contributed by atoms with Crippen LogP contribution in [-0.4, -0.2) is 38.9 Å². The van der Waals surface area contributed by atoms with E-state index in [0.29, 0.717) is 27.8 Å². The standard InChI is InChI=1S/C18H17N3O7S2/c1-28-17-10-12(8-9-16(17)19-11-29(22,23)24)20-21-15-6-2-5-14-13(15)4-3-7-18(14)30(25,26)27/h2-10,19H,11H2,1H3,(H,22,23,24)(H,25,26,27). The summed E-state index contributed by atoms with van der Waals surface area (Å²) in [6.45, 7) is 0. The van der Waals surface area contributed by atoms with Crippen LogP contribution < -0.4 is 10.1 Å². The van der Waals surface area contributed by atoms with Gasteiger partial charge in [-0.1, -0.05) is 24.3 Å². The third kappa shape index (κ3) is 5.10. The van der Waals surface area contributed by atoms with E-state index in [-0.39, 0.29) is 10.6 Å². The zero-order valence-electron chi connectivity index (χ0n) is 15.5. The van der Waals surface area contributed by atoms with Crippen molar-refractivity contribution in [2.75, 3.05) is 18.3 Å². The summed E-state index contributed by atoms with van der Waals surface area (Å²) in [5, 5.41) is 11.6. The van der Waals surface area contributed by atoms with Gasteiger partial charge in [0.1, 0.15) is 16.5 Å². The summed E-state index contributed by atoms with van der Waals surface area (Å²) in [6.07, 6.45) is 0. The smallest absolute Gasteiger partial charge is 0.295 e. The zero-order chi connectivity index (χ0) is 21.9. The minimum atomic E-state index is -4.40. The molecular formula is C18H17N3O7S2. The van der Waals surface area contributed by atoms with Crippen molar-refractivity contribution < 1.29 is 30.7 Å². The number of nitrogens with one attached hydrogen (secondary N) is 1. The second-order valence-corrected chi connectivity index (χ2v) is 8.93. The molecule has 0 aliphatic rings. The molecule has 3 N–H and O–H groups in total. The number of benzene rings is 3. The van der Waals surface area contributed by atoms with E-state index in [1.54, 1.807) is 30.3 Å². The lowest BCUT2D eigenvalue weighted by Gasteiger charge is -2.10. The predicted octanol–water partition coefficient (Wildman–Crippen LogP) is 3.77. The molecule has 30 heavy (non-hydrogen) atoms. The molecule has 0 fully saturated rings. The van der Waals surface area contributed by atoms with Crippen LogP contribution >= 0.6 is 0 Å². The van der Waals surface area contributed by atoms with E-state index >= 15 is 0 Å². The fourth-order valence-corrected chi connectivity index (χ4v) is 3.79. The van der Waals surface area contributed by atoms with Crippen molar-refractivity contribution in [3.05, 3.63) is 54.6 Å².